The van der Waals surface area contributed by atoms with E-state index in [-0.39, 0.29) is 0 Å². The summed E-state index contributed by atoms with van der Waals surface area (Å²) in [4.78, 5) is 22.0. The molecule has 4 heteroatoms. The second kappa shape index (κ2) is 5.18. The molecule has 0 spiro atoms. The lowest BCUT2D eigenvalue weighted by Crippen LogP contribution is -1.99. The Morgan fingerprint density at radius 1 is 1.20 bits per heavy atom. The average Bonchev–Trinajstić information content (AvgIpc) is 2.26. The number of halogens is 1. The van der Waals surface area contributed by atoms with E-state index in [9.17, 15) is 9.59 Å². The summed E-state index contributed by atoms with van der Waals surface area (Å²) in [5, 5.41) is 0.535. The third-order valence-corrected chi connectivity index (χ3v) is 1.82. The van der Waals surface area contributed by atoms with Gasteiger partial charge in [0.15, 0.2) is 0 Å². The molecular formula is C11H7ClO3. The standard InChI is InChI=1S/C11H7ClO3/c1-15-11(14)7-6-10(13)8-2-4-9(12)5-3-8/h2-5H,1H3. The quantitative estimate of drug-likeness (QED) is 0.239. The molecule has 3 nitrogen and oxygen atoms in total. The van der Waals surface area contributed by atoms with Crippen molar-refractivity contribution in [1.82, 2.24) is 0 Å². The Bertz CT molecular complexity index is 437. The molecule has 0 fully saturated rings. The van der Waals surface area contributed by atoms with E-state index in [1.807, 2.05) is 0 Å². The first kappa shape index (κ1) is 11.3. The van der Waals surface area contributed by atoms with E-state index in [4.69, 9.17) is 11.6 Å². The number of esters is 1. The van der Waals surface area contributed by atoms with Crippen LogP contribution in [0.2, 0.25) is 5.02 Å². The van der Waals surface area contributed by atoms with Gasteiger partial charge in [0.1, 0.15) is 0 Å². The molecule has 0 amide bonds. The number of carbonyl (C=O) groups is 2. The Kier molecular flexibility index (Phi) is 3.90. The molecule has 0 unspecified atom stereocenters. The molecule has 15 heavy (non-hydrogen) atoms. The minimum absolute atomic E-state index is 0.385. The highest BCUT2D eigenvalue weighted by atomic mass is 35.5. The summed E-state index contributed by atoms with van der Waals surface area (Å²) in [6.45, 7) is 0. The van der Waals surface area contributed by atoms with E-state index in [0.717, 1.165) is 0 Å². The Labute approximate surface area is 92.0 Å². The monoisotopic (exact) mass is 222 g/mol. The predicted octanol–water partition coefficient (Wildman–Crippen LogP) is 1.70. The first-order valence-corrected chi connectivity index (χ1v) is 4.41. The van der Waals surface area contributed by atoms with Crippen LogP contribution < -0.4 is 0 Å². The summed E-state index contributed by atoms with van der Waals surface area (Å²) in [7, 11) is 1.20. The Hall–Kier alpha value is -1.79. The van der Waals surface area contributed by atoms with Crippen LogP contribution in [0.15, 0.2) is 24.3 Å². The Balaban J connectivity index is 2.80. The van der Waals surface area contributed by atoms with Gasteiger partial charge in [-0.25, -0.2) is 4.79 Å². The SMILES string of the molecule is COC(=O)C#CC(=O)c1ccc(Cl)cc1. The average molecular weight is 223 g/mol. The van der Waals surface area contributed by atoms with Gasteiger partial charge < -0.3 is 4.74 Å². The van der Waals surface area contributed by atoms with E-state index in [0.29, 0.717) is 10.6 Å². The normalized spacial score (nSPS) is 8.67. The molecule has 1 aromatic carbocycles. The minimum atomic E-state index is -0.739. The van der Waals surface area contributed by atoms with E-state index in [1.165, 1.54) is 19.2 Å². The molecular weight excluding hydrogens is 216 g/mol. The lowest BCUT2D eigenvalue weighted by Gasteiger charge is -1.93. The maximum atomic E-state index is 11.4. The molecule has 0 aliphatic rings. The molecule has 0 N–H and O–H groups in total. The molecule has 0 aliphatic carbocycles. The lowest BCUT2D eigenvalue weighted by atomic mass is 10.1. The predicted molar refractivity (Wildman–Crippen MR) is 55.6 cm³/mol. The van der Waals surface area contributed by atoms with Gasteiger partial charge in [0.25, 0.3) is 0 Å². The van der Waals surface area contributed by atoms with Gasteiger partial charge in [0.05, 0.1) is 7.11 Å². The van der Waals surface area contributed by atoms with Gasteiger partial charge in [-0.2, -0.15) is 0 Å². The molecule has 1 aromatic rings. The summed E-state index contributed by atoms with van der Waals surface area (Å²) in [5.74, 6) is 3.03. The number of hydrogen-bond acceptors (Lipinski definition) is 3. The van der Waals surface area contributed by atoms with Crippen LogP contribution in [0, 0.1) is 11.8 Å². The van der Waals surface area contributed by atoms with Gasteiger partial charge in [0, 0.05) is 16.5 Å². The molecule has 0 heterocycles. The van der Waals surface area contributed by atoms with E-state index in [1.54, 1.807) is 12.1 Å². The van der Waals surface area contributed by atoms with E-state index < -0.39 is 11.8 Å². The van der Waals surface area contributed by atoms with Gasteiger partial charge in [-0.05, 0) is 30.2 Å². The van der Waals surface area contributed by atoms with Crippen molar-refractivity contribution in [3.05, 3.63) is 34.9 Å². The second-order valence-electron chi connectivity index (χ2n) is 2.58. The highest BCUT2D eigenvalue weighted by molar-refractivity contribution is 6.30. The van der Waals surface area contributed by atoms with Crippen molar-refractivity contribution in [2.45, 2.75) is 0 Å². The van der Waals surface area contributed by atoms with E-state index >= 15 is 0 Å². The zero-order valence-corrected chi connectivity index (χ0v) is 8.67. The van der Waals surface area contributed by atoms with Crippen molar-refractivity contribution in [3.8, 4) is 11.8 Å². The molecule has 0 saturated heterocycles. The van der Waals surface area contributed by atoms with Gasteiger partial charge in [-0.1, -0.05) is 11.6 Å². The van der Waals surface area contributed by atoms with Crippen LogP contribution in [-0.2, 0) is 9.53 Å². The van der Waals surface area contributed by atoms with Crippen molar-refractivity contribution < 1.29 is 14.3 Å². The van der Waals surface area contributed by atoms with Crippen LogP contribution in [-0.4, -0.2) is 18.9 Å². The zero-order chi connectivity index (χ0) is 11.3. The van der Waals surface area contributed by atoms with Crippen molar-refractivity contribution in [2.24, 2.45) is 0 Å². The molecule has 0 aromatic heterocycles. The molecule has 0 aliphatic heterocycles. The number of Topliss-reactive ketones (excluding diaryl/α,β-unsaturated/α-hetero) is 1. The summed E-state index contributed by atoms with van der Waals surface area (Å²) in [5.41, 5.74) is 0.385. The maximum Gasteiger partial charge on any atom is 0.384 e. The van der Waals surface area contributed by atoms with Gasteiger partial charge in [-0.15, -0.1) is 0 Å². The maximum absolute atomic E-state index is 11.4. The highest BCUT2D eigenvalue weighted by Gasteiger charge is 2.01. The Morgan fingerprint density at radius 2 is 1.80 bits per heavy atom. The number of rotatable bonds is 1. The number of hydrogen-bond donors (Lipinski definition) is 0. The highest BCUT2D eigenvalue weighted by Crippen LogP contribution is 2.09. The lowest BCUT2D eigenvalue weighted by molar-refractivity contribution is -0.133. The van der Waals surface area contributed by atoms with Crippen molar-refractivity contribution in [1.29, 1.82) is 0 Å². The van der Waals surface area contributed by atoms with Crippen LogP contribution >= 0.6 is 11.6 Å². The number of ketones is 1. The Morgan fingerprint density at radius 3 is 2.33 bits per heavy atom. The van der Waals surface area contributed by atoms with Crippen LogP contribution in [0.4, 0.5) is 0 Å². The van der Waals surface area contributed by atoms with Crippen molar-refractivity contribution >= 4 is 23.4 Å². The largest absolute Gasteiger partial charge is 0.459 e. The third-order valence-electron chi connectivity index (χ3n) is 1.57. The van der Waals surface area contributed by atoms with E-state index in [2.05, 4.69) is 16.6 Å². The fraction of sp³-hybridized carbons (Fsp3) is 0.0909. The number of benzene rings is 1. The first-order valence-electron chi connectivity index (χ1n) is 4.03. The second-order valence-corrected chi connectivity index (χ2v) is 3.01. The van der Waals surface area contributed by atoms with Crippen LogP contribution in [0.5, 0.6) is 0 Å². The fourth-order valence-electron chi connectivity index (χ4n) is 0.832. The minimum Gasteiger partial charge on any atom is -0.459 e. The smallest absolute Gasteiger partial charge is 0.384 e. The third kappa shape index (κ3) is 3.45. The molecule has 0 saturated carbocycles. The molecule has 1 rings (SSSR count). The van der Waals surface area contributed by atoms with Gasteiger partial charge in [0.2, 0.25) is 5.78 Å². The summed E-state index contributed by atoms with van der Waals surface area (Å²) in [6, 6.07) is 6.23. The molecule has 76 valence electrons. The first-order chi connectivity index (χ1) is 7.13. The topological polar surface area (TPSA) is 43.4 Å². The van der Waals surface area contributed by atoms with Crippen LogP contribution in [0.1, 0.15) is 10.4 Å². The van der Waals surface area contributed by atoms with Crippen LogP contribution in [0.3, 0.4) is 0 Å². The van der Waals surface area contributed by atoms with Gasteiger partial charge >= 0.3 is 5.97 Å². The van der Waals surface area contributed by atoms with Gasteiger partial charge in [-0.3, -0.25) is 4.79 Å². The molecule has 0 radical (unpaired) electrons. The van der Waals surface area contributed by atoms with Crippen molar-refractivity contribution in [2.75, 3.05) is 7.11 Å². The number of methoxy groups -OCH3 is 1. The zero-order valence-electron chi connectivity index (χ0n) is 7.91. The number of ether oxygens (including phenoxy) is 1. The number of carbonyl (C=O) groups excluding carboxylic acids is 2. The van der Waals surface area contributed by atoms with Crippen LogP contribution in [0.25, 0.3) is 0 Å². The summed E-state index contributed by atoms with van der Waals surface area (Å²) < 4.78 is 4.27. The summed E-state index contributed by atoms with van der Waals surface area (Å²) in [6.07, 6.45) is 0. The molecule has 0 atom stereocenters. The van der Waals surface area contributed by atoms with Crippen molar-refractivity contribution in [3.63, 3.8) is 0 Å². The fourth-order valence-corrected chi connectivity index (χ4v) is 0.958. The summed E-state index contributed by atoms with van der Waals surface area (Å²) >= 11 is 5.64. The molecule has 0 bridgehead atoms.